The maximum Gasteiger partial charge on any atom is 0.165 e. The van der Waals surface area contributed by atoms with Crippen LogP contribution in [0.4, 0.5) is 4.39 Å². The molecule has 1 aliphatic rings. The predicted octanol–water partition coefficient (Wildman–Crippen LogP) is 3.89. The highest BCUT2D eigenvalue weighted by molar-refractivity contribution is 5.42. The summed E-state index contributed by atoms with van der Waals surface area (Å²) >= 11 is 0. The fourth-order valence-corrected chi connectivity index (χ4v) is 3.77. The number of aromatic hydroxyl groups is 1. The molecule has 8 heteroatoms. The predicted molar refractivity (Wildman–Crippen MR) is 121 cm³/mol. The van der Waals surface area contributed by atoms with Gasteiger partial charge in [-0.05, 0) is 36.4 Å². The van der Waals surface area contributed by atoms with Crippen LogP contribution in [0.2, 0.25) is 0 Å². The fourth-order valence-electron chi connectivity index (χ4n) is 3.77. The lowest BCUT2D eigenvalue weighted by molar-refractivity contribution is 0.187. The van der Waals surface area contributed by atoms with Gasteiger partial charge < -0.3 is 14.6 Å². The molecular formula is C25H23FN4O3. The zero-order valence-electron chi connectivity index (χ0n) is 17.7. The lowest BCUT2D eigenvalue weighted by atomic mass is 10.0. The number of rotatable bonds is 7. The van der Waals surface area contributed by atoms with E-state index < -0.39 is 11.9 Å². The molecule has 2 atom stereocenters. The fraction of sp³-hybridized carbons (Fsp3) is 0.160. The Morgan fingerprint density at radius 2 is 1.88 bits per heavy atom. The lowest BCUT2D eigenvalue weighted by Crippen LogP contribution is -2.28. The van der Waals surface area contributed by atoms with E-state index in [0.717, 1.165) is 11.3 Å². The van der Waals surface area contributed by atoms with Crippen LogP contribution >= 0.6 is 0 Å². The third-order valence-electron chi connectivity index (χ3n) is 5.45. The van der Waals surface area contributed by atoms with Crippen LogP contribution in [0.1, 0.15) is 17.2 Å². The summed E-state index contributed by atoms with van der Waals surface area (Å²) in [4.78, 5) is 0. The highest BCUT2D eigenvalue weighted by Crippen LogP contribution is 2.33. The third-order valence-corrected chi connectivity index (χ3v) is 5.45. The summed E-state index contributed by atoms with van der Waals surface area (Å²) in [5, 5.41) is 15.0. The highest BCUT2D eigenvalue weighted by atomic mass is 19.1. The second kappa shape index (κ2) is 9.32. The van der Waals surface area contributed by atoms with Crippen molar-refractivity contribution >= 4 is 0 Å². The second-order valence-electron chi connectivity index (χ2n) is 7.73. The highest BCUT2D eigenvalue weighted by Gasteiger charge is 2.32. The van der Waals surface area contributed by atoms with Gasteiger partial charge in [0.1, 0.15) is 24.2 Å². The lowest BCUT2D eigenvalue weighted by Gasteiger charge is -2.21. The Kier molecular flexibility index (Phi) is 5.93. The average Bonchev–Trinajstić information content (AvgIpc) is 3.50. The maximum atomic E-state index is 14.0. The first-order chi connectivity index (χ1) is 16.2. The number of hydrazine groups is 1. The summed E-state index contributed by atoms with van der Waals surface area (Å²) in [6.07, 6.45) is 3.26. The molecule has 1 aromatic heterocycles. The molecule has 1 aliphatic heterocycles. The van der Waals surface area contributed by atoms with Crippen LogP contribution in [-0.2, 0) is 6.61 Å². The van der Waals surface area contributed by atoms with Gasteiger partial charge >= 0.3 is 0 Å². The van der Waals surface area contributed by atoms with Gasteiger partial charge in [0.25, 0.3) is 0 Å². The van der Waals surface area contributed by atoms with Crippen molar-refractivity contribution < 1.29 is 19.0 Å². The van der Waals surface area contributed by atoms with Gasteiger partial charge in [0.2, 0.25) is 0 Å². The van der Waals surface area contributed by atoms with Gasteiger partial charge in [-0.25, -0.2) is 14.5 Å². The van der Waals surface area contributed by atoms with Gasteiger partial charge in [0.15, 0.2) is 11.6 Å². The molecule has 0 amide bonds. The number of hydrogen-bond donors (Lipinski definition) is 3. The molecule has 3 aromatic carbocycles. The number of phenols is 1. The minimum atomic E-state index is -0.424. The van der Waals surface area contributed by atoms with E-state index in [2.05, 4.69) is 16.0 Å². The maximum absolute atomic E-state index is 14.0. The van der Waals surface area contributed by atoms with E-state index in [4.69, 9.17) is 9.47 Å². The molecule has 5 rings (SSSR count). The molecule has 0 radical (unpaired) electrons. The monoisotopic (exact) mass is 446 g/mol. The number of para-hydroxylation sites is 2. The molecule has 2 unspecified atom stereocenters. The van der Waals surface area contributed by atoms with E-state index in [1.54, 1.807) is 47.3 Å². The molecule has 168 valence electrons. The first kappa shape index (κ1) is 21.0. The quantitative estimate of drug-likeness (QED) is 0.400. The van der Waals surface area contributed by atoms with Crippen molar-refractivity contribution in [3.63, 3.8) is 0 Å². The number of aromatic nitrogens is 2. The third kappa shape index (κ3) is 4.67. The molecule has 4 aromatic rings. The van der Waals surface area contributed by atoms with Crippen LogP contribution in [0.25, 0.3) is 5.69 Å². The zero-order chi connectivity index (χ0) is 22.6. The van der Waals surface area contributed by atoms with Crippen molar-refractivity contribution in [1.29, 1.82) is 0 Å². The molecule has 0 aliphatic carbocycles. The minimum Gasteiger partial charge on any atom is -0.507 e. The molecular weight excluding hydrogens is 423 g/mol. The topological polar surface area (TPSA) is 80.6 Å². The van der Waals surface area contributed by atoms with Gasteiger partial charge in [-0.15, -0.1) is 0 Å². The Balaban J connectivity index is 1.25. The van der Waals surface area contributed by atoms with E-state index in [1.165, 1.54) is 6.07 Å². The molecule has 2 heterocycles. The van der Waals surface area contributed by atoms with Crippen molar-refractivity contribution in [2.24, 2.45) is 0 Å². The van der Waals surface area contributed by atoms with Crippen LogP contribution < -0.4 is 20.3 Å². The van der Waals surface area contributed by atoms with Gasteiger partial charge in [-0.2, -0.15) is 5.10 Å². The van der Waals surface area contributed by atoms with Crippen molar-refractivity contribution in [2.75, 3.05) is 6.54 Å². The summed E-state index contributed by atoms with van der Waals surface area (Å²) in [7, 11) is 0. The van der Waals surface area contributed by atoms with Gasteiger partial charge in [-0.1, -0.05) is 30.3 Å². The molecule has 7 nitrogen and oxygen atoms in total. The molecule has 3 N–H and O–H groups in total. The second-order valence-corrected chi connectivity index (χ2v) is 7.73. The first-order valence-electron chi connectivity index (χ1n) is 10.6. The van der Waals surface area contributed by atoms with Crippen molar-refractivity contribution in [3.8, 4) is 22.9 Å². The Bertz CT molecular complexity index is 1230. The molecule has 1 saturated heterocycles. The summed E-state index contributed by atoms with van der Waals surface area (Å²) in [6, 6.07) is 20.9. The summed E-state index contributed by atoms with van der Waals surface area (Å²) in [6.45, 7) is 0.774. The van der Waals surface area contributed by atoms with Crippen LogP contribution in [0.5, 0.6) is 17.2 Å². The van der Waals surface area contributed by atoms with Crippen LogP contribution in [0.15, 0.2) is 85.2 Å². The Morgan fingerprint density at radius 3 is 2.70 bits per heavy atom. The molecule has 0 spiro atoms. The van der Waals surface area contributed by atoms with Crippen molar-refractivity contribution in [3.05, 3.63) is 102 Å². The largest absolute Gasteiger partial charge is 0.507 e. The number of nitrogens with zero attached hydrogens (tertiary/aromatic N) is 2. The number of nitrogens with one attached hydrogen (secondary N) is 2. The standard InChI is InChI=1S/C25H23FN4O3/c26-21-8-4-5-9-23(21)33-24-14-27-29-25(24)20-11-10-19(12-22(20)31)32-16-17-13-28-30(15-17)18-6-2-1-3-7-18/h1-13,15,24-25,27,29,31H,14,16H2. The summed E-state index contributed by atoms with van der Waals surface area (Å²) < 4.78 is 27.5. The summed E-state index contributed by atoms with van der Waals surface area (Å²) in [5.41, 5.74) is 8.61. The van der Waals surface area contributed by atoms with E-state index in [1.807, 2.05) is 36.5 Å². The number of halogens is 1. The molecule has 0 saturated carbocycles. The zero-order valence-corrected chi connectivity index (χ0v) is 17.7. The average molecular weight is 446 g/mol. The van der Waals surface area contributed by atoms with Crippen LogP contribution in [-0.4, -0.2) is 27.5 Å². The van der Waals surface area contributed by atoms with Crippen molar-refractivity contribution in [1.82, 2.24) is 20.6 Å². The van der Waals surface area contributed by atoms with Crippen molar-refractivity contribution in [2.45, 2.75) is 18.8 Å². The Hall–Kier alpha value is -3.88. The smallest absolute Gasteiger partial charge is 0.165 e. The summed E-state index contributed by atoms with van der Waals surface area (Å²) in [5.74, 6) is 0.345. The number of ether oxygens (including phenoxy) is 2. The minimum absolute atomic E-state index is 0.0656. The SMILES string of the molecule is Oc1cc(OCc2cnn(-c3ccccc3)c2)ccc1C1NNCC1Oc1ccccc1F. The van der Waals surface area contributed by atoms with E-state index in [9.17, 15) is 9.50 Å². The molecule has 0 bridgehead atoms. The van der Waals surface area contributed by atoms with Crippen LogP contribution in [0.3, 0.4) is 0 Å². The molecule has 1 fully saturated rings. The first-order valence-corrected chi connectivity index (χ1v) is 10.6. The van der Waals surface area contributed by atoms with Gasteiger partial charge in [-0.3, -0.25) is 5.43 Å². The van der Waals surface area contributed by atoms with Crippen LogP contribution in [0, 0.1) is 5.82 Å². The Morgan fingerprint density at radius 1 is 1.06 bits per heavy atom. The molecule has 33 heavy (non-hydrogen) atoms. The number of hydrogen-bond acceptors (Lipinski definition) is 6. The van der Waals surface area contributed by atoms with E-state index >= 15 is 0 Å². The normalized spacial score (nSPS) is 17.7. The number of benzene rings is 3. The van der Waals surface area contributed by atoms with E-state index in [-0.39, 0.29) is 17.5 Å². The van der Waals surface area contributed by atoms with E-state index in [0.29, 0.717) is 24.5 Å². The number of phenolic OH excluding ortho intramolecular Hbond substituents is 1. The Labute approximate surface area is 190 Å². The van der Waals surface area contributed by atoms with Gasteiger partial charge in [0, 0.05) is 29.9 Å². The van der Waals surface area contributed by atoms with Gasteiger partial charge in [0.05, 0.1) is 17.9 Å².